The molecule has 0 saturated carbocycles. The van der Waals surface area contributed by atoms with Crippen molar-refractivity contribution in [2.75, 3.05) is 0 Å². The lowest BCUT2D eigenvalue weighted by atomic mass is 10.1. The SMILES string of the molecule is Oc1ccccc1-c1nc(-c2ccccc2O)n(-c2ccc(I)cc2)n1. The number of phenols is 2. The third-order valence-electron chi connectivity index (χ3n) is 3.97. The maximum Gasteiger partial charge on any atom is 0.185 e. The molecule has 3 aromatic carbocycles. The van der Waals surface area contributed by atoms with Crippen molar-refractivity contribution in [1.82, 2.24) is 14.8 Å². The molecule has 0 atom stereocenters. The minimum absolute atomic E-state index is 0.107. The molecule has 0 radical (unpaired) electrons. The van der Waals surface area contributed by atoms with Crippen molar-refractivity contribution in [2.45, 2.75) is 0 Å². The summed E-state index contributed by atoms with van der Waals surface area (Å²) < 4.78 is 2.78. The van der Waals surface area contributed by atoms with Crippen molar-refractivity contribution >= 4 is 22.6 Å². The minimum Gasteiger partial charge on any atom is -0.507 e. The molecule has 1 aromatic heterocycles. The molecule has 26 heavy (non-hydrogen) atoms. The molecule has 4 rings (SSSR count). The van der Waals surface area contributed by atoms with E-state index in [0.717, 1.165) is 9.26 Å². The Hall–Kier alpha value is -2.87. The molecule has 0 amide bonds. The zero-order chi connectivity index (χ0) is 18.1. The maximum absolute atomic E-state index is 10.3. The van der Waals surface area contributed by atoms with Crippen LogP contribution in [0, 0.1) is 3.57 Å². The number of aromatic nitrogens is 3. The summed E-state index contributed by atoms with van der Waals surface area (Å²) in [5.74, 6) is 1.12. The van der Waals surface area contributed by atoms with Gasteiger partial charge in [0.1, 0.15) is 11.5 Å². The zero-order valence-corrected chi connectivity index (χ0v) is 15.7. The number of halogens is 1. The van der Waals surface area contributed by atoms with Crippen LogP contribution in [0.4, 0.5) is 0 Å². The Morgan fingerprint density at radius 2 is 1.31 bits per heavy atom. The van der Waals surface area contributed by atoms with E-state index in [-0.39, 0.29) is 11.5 Å². The van der Waals surface area contributed by atoms with Gasteiger partial charge in [-0.25, -0.2) is 9.67 Å². The molecule has 0 unspecified atom stereocenters. The van der Waals surface area contributed by atoms with E-state index in [1.165, 1.54) is 0 Å². The highest BCUT2D eigenvalue weighted by Gasteiger charge is 2.18. The first kappa shape index (κ1) is 16.6. The molecule has 4 aromatic rings. The quantitative estimate of drug-likeness (QED) is 0.443. The first-order valence-electron chi connectivity index (χ1n) is 7.93. The number of rotatable bonds is 3. The van der Waals surface area contributed by atoms with Gasteiger partial charge in [-0.2, -0.15) is 0 Å². The van der Waals surface area contributed by atoms with Crippen LogP contribution in [0.25, 0.3) is 28.5 Å². The van der Waals surface area contributed by atoms with E-state index in [1.807, 2.05) is 36.4 Å². The number of para-hydroxylation sites is 2. The van der Waals surface area contributed by atoms with Crippen LogP contribution in [-0.4, -0.2) is 25.0 Å². The Bertz CT molecular complexity index is 1070. The number of hydrogen-bond donors (Lipinski definition) is 2. The number of phenolic OH excluding ortho intramolecular Hbond substituents is 2. The van der Waals surface area contributed by atoms with Gasteiger partial charge in [0.2, 0.25) is 0 Å². The second kappa shape index (κ2) is 6.80. The van der Waals surface area contributed by atoms with Gasteiger partial charge in [-0.15, -0.1) is 5.10 Å². The molecule has 0 aliphatic heterocycles. The standard InChI is InChI=1S/C20H14IN3O2/c21-13-9-11-14(12-10-13)24-20(16-6-2-4-8-18(16)26)22-19(23-24)15-5-1-3-7-17(15)25/h1-12,25-26H. The van der Waals surface area contributed by atoms with Gasteiger partial charge in [0.25, 0.3) is 0 Å². The Kier molecular flexibility index (Phi) is 4.34. The predicted molar refractivity (Wildman–Crippen MR) is 108 cm³/mol. The van der Waals surface area contributed by atoms with Crippen molar-refractivity contribution in [1.29, 1.82) is 0 Å². The first-order valence-corrected chi connectivity index (χ1v) is 9.01. The fourth-order valence-electron chi connectivity index (χ4n) is 2.69. The first-order chi connectivity index (χ1) is 12.6. The molecule has 6 heteroatoms. The number of benzene rings is 3. The third kappa shape index (κ3) is 3.03. The largest absolute Gasteiger partial charge is 0.507 e. The molecule has 5 nitrogen and oxygen atoms in total. The van der Waals surface area contributed by atoms with E-state index in [9.17, 15) is 10.2 Å². The van der Waals surface area contributed by atoms with Gasteiger partial charge in [0.05, 0.1) is 16.8 Å². The van der Waals surface area contributed by atoms with Crippen molar-refractivity contribution in [3.63, 3.8) is 0 Å². The third-order valence-corrected chi connectivity index (χ3v) is 4.69. The summed E-state index contributed by atoms with van der Waals surface area (Å²) in [5.41, 5.74) is 1.92. The van der Waals surface area contributed by atoms with Gasteiger partial charge in [0.15, 0.2) is 11.6 Å². The van der Waals surface area contributed by atoms with Crippen LogP contribution in [0.15, 0.2) is 72.8 Å². The Labute approximate surface area is 163 Å². The fourth-order valence-corrected chi connectivity index (χ4v) is 3.05. The zero-order valence-electron chi connectivity index (χ0n) is 13.5. The highest BCUT2D eigenvalue weighted by molar-refractivity contribution is 14.1. The second-order valence-electron chi connectivity index (χ2n) is 5.68. The predicted octanol–water partition coefficient (Wildman–Crippen LogP) is 4.62. The molecule has 1 heterocycles. The number of aromatic hydroxyl groups is 2. The molecule has 0 fully saturated rings. The summed E-state index contributed by atoms with van der Waals surface area (Å²) in [6.45, 7) is 0. The highest BCUT2D eigenvalue weighted by atomic mass is 127. The van der Waals surface area contributed by atoms with Crippen LogP contribution in [0.5, 0.6) is 11.5 Å². The van der Waals surface area contributed by atoms with Crippen LogP contribution in [-0.2, 0) is 0 Å². The Morgan fingerprint density at radius 1 is 0.731 bits per heavy atom. The summed E-state index contributed by atoms with van der Waals surface area (Å²) >= 11 is 2.24. The van der Waals surface area contributed by atoms with Crippen molar-refractivity contribution in [3.8, 4) is 40.0 Å². The monoisotopic (exact) mass is 455 g/mol. The number of nitrogens with zero attached hydrogens (tertiary/aromatic N) is 3. The summed E-state index contributed by atoms with van der Waals surface area (Å²) in [4.78, 5) is 4.60. The molecule has 0 saturated heterocycles. The molecule has 0 bridgehead atoms. The molecule has 0 aliphatic rings. The summed E-state index contributed by atoms with van der Waals surface area (Å²) in [6.07, 6.45) is 0. The maximum atomic E-state index is 10.3. The average molecular weight is 455 g/mol. The van der Waals surface area contributed by atoms with Crippen LogP contribution in [0.3, 0.4) is 0 Å². The van der Waals surface area contributed by atoms with Gasteiger partial charge >= 0.3 is 0 Å². The van der Waals surface area contributed by atoms with E-state index in [2.05, 4.69) is 32.7 Å². The van der Waals surface area contributed by atoms with E-state index in [0.29, 0.717) is 22.8 Å². The van der Waals surface area contributed by atoms with Gasteiger partial charge < -0.3 is 10.2 Å². The second-order valence-corrected chi connectivity index (χ2v) is 6.93. The van der Waals surface area contributed by atoms with Gasteiger partial charge in [-0.3, -0.25) is 0 Å². The minimum atomic E-state index is 0.107. The normalized spacial score (nSPS) is 10.8. The summed E-state index contributed by atoms with van der Waals surface area (Å²) in [6, 6.07) is 21.8. The van der Waals surface area contributed by atoms with Crippen LogP contribution in [0.1, 0.15) is 0 Å². The topological polar surface area (TPSA) is 71.2 Å². The summed E-state index contributed by atoms with van der Waals surface area (Å²) in [5, 5.41) is 25.0. The fraction of sp³-hybridized carbons (Fsp3) is 0. The van der Waals surface area contributed by atoms with Gasteiger partial charge in [0, 0.05) is 3.57 Å². The molecule has 2 N–H and O–H groups in total. The van der Waals surface area contributed by atoms with Crippen LogP contribution < -0.4 is 0 Å². The molecular formula is C20H14IN3O2. The Balaban J connectivity index is 1.95. The lowest BCUT2D eigenvalue weighted by molar-refractivity contribution is 0.476. The van der Waals surface area contributed by atoms with Crippen LogP contribution >= 0.6 is 22.6 Å². The average Bonchev–Trinajstić information content (AvgIpc) is 3.08. The van der Waals surface area contributed by atoms with Crippen molar-refractivity contribution in [3.05, 3.63) is 76.4 Å². The lowest BCUT2D eigenvalue weighted by Gasteiger charge is -2.07. The number of hydrogen-bond acceptors (Lipinski definition) is 4. The smallest absolute Gasteiger partial charge is 0.185 e. The lowest BCUT2D eigenvalue weighted by Crippen LogP contribution is -1.99. The molecule has 128 valence electrons. The van der Waals surface area contributed by atoms with Crippen LogP contribution in [0.2, 0.25) is 0 Å². The molecule has 0 aliphatic carbocycles. The molecular weight excluding hydrogens is 441 g/mol. The van der Waals surface area contributed by atoms with Crippen molar-refractivity contribution in [2.24, 2.45) is 0 Å². The summed E-state index contributed by atoms with van der Waals surface area (Å²) in [7, 11) is 0. The highest BCUT2D eigenvalue weighted by Crippen LogP contribution is 2.33. The Morgan fingerprint density at radius 3 is 1.92 bits per heavy atom. The molecule has 0 spiro atoms. The van der Waals surface area contributed by atoms with Gasteiger partial charge in [-0.1, -0.05) is 24.3 Å². The van der Waals surface area contributed by atoms with E-state index in [4.69, 9.17) is 0 Å². The van der Waals surface area contributed by atoms with Crippen molar-refractivity contribution < 1.29 is 10.2 Å². The van der Waals surface area contributed by atoms with E-state index < -0.39 is 0 Å². The van der Waals surface area contributed by atoms with E-state index >= 15 is 0 Å². The van der Waals surface area contributed by atoms with E-state index in [1.54, 1.807) is 41.1 Å². The van der Waals surface area contributed by atoms with Gasteiger partial charge in [-0.05, 0) is 71.1 Å².